The quantitative estimate of drug-likeness (QED) is 0.884. The maximum Gasteiger partial charge on any atom is 0.234 e. The van der Waals surface area contributed by atoms with E-state index in [4.69, 9.17) is 17.3 Å². The van der Waals surface area contributed by atoms with Crippen LogP contribution in [0.25, 0.3) is 0 Å². The maximum atomic E-state index is 12.0. The SMILES string of the molecule is Cc1c(Cl)c(CCCN)cc2c1NC(=O)C2(C)C. The Labute approximate surface area is 113 Å². The Balaban J connectivity index is 2.54. The summed E-state index contributed by atoms with van der Waals surface area (Å²) < 4.78 is 0. The van der Waals surface area contributed by atoms with Gasteiger partial charge in [0, 0.05) is 10.7 Å². The largest absolute Gasteiger partial charge is 0.330 e. The molecule has 18 heavy (non-hydrogen) atoms. The van der Waals surface area contributed by atoms with Gasteiger partial charge in [0.2, 0.25) is 5.91 Å². The molecule has 0 aliphatic carbocycles. The predicted octanol–water partition coefficient (Wildman–Crippen LogP) is 2.77. The Morgan fingerprint density at radius 1 is 1.44 bits per heavy atom. The molecule has 0 unspecified atom stereocenters. The zero-order chi connectivity index (χ0) is 13.5. The average molecular weight is 267 g/mol. The smallest absolute Gasteiger partial charge is 0.234 e. The van der Waals surface area contributed by atoms with Crippen molar-refractivity contribution in [3.8, 4) is 0 Å². The summed E-state index contributed by atoms with van der Waals surface area (Å²) >= 11 is 6.36. The van der Waals surface area contributed by atoms with Crippen LogP contribution in [-0.2, 0) is 16.6 Å². The summed E-state index contributed by atoms with van der Waals surface area (Å²) in [5.74, 6) is 0.0349. The van der Waals surface area contributed by atoms with E-state index >= 15 is 0 Å². The van der Waals surface area contributed by atoms with Crippen molar-refractivity contribution in [1.29, 1.82) is 0 Å². The van der Waals surface area contributed by atoms with Crippen LogP contribution in [0.5, 0.6) is 0 Å². The standard InChI is InChI=1S/C14H19ClN2O/c1-8-11(15)9(5-4-6-16)7-10-12(8)17-13(18)14(10,2)3/h7H,4-6,16H2,1-3H3,(H,17,18). The van der Waals surface area contributed by atoms with Crippen molar-refractivity contribution < 1.29 is 4.79 Å². The van der Waals surface area contributed by atoms with E-state index in [0.29, 0.717) is 6.54 Å². The number of carbonyl (C=O) groups is 1. The summed E-state index contributed by atoms with van der Waals surface area (Å²) in [6, 6.07) is 2.05. The lowest BCUT2D eigenvalue weighted by Gasteiger charge is -2.18. The van der Waals surface area contributed by atoms with Gasteiger partial charge < -0.3 is 11.1 Å². The molecule has 0 aromatic heterocycles. The van der Waals surface area contributed by atoms with Gasteiger partial charge in [0.1, 0.15) is 0 Å². The highest BCUT2D eigenvalue weighted by molar-refractivity contribution is 6.33. The van der Waals surface area contributed by atoms with Gasteiger partial charge in [0.25, 0.3) is 0 Å². The fourth-order valence-electron chi connectivity index (χ4n) is 2.38. The van der Waals surface area contributed by atoms with E-state index in [2.05, 4.69) is 11.4 Å². The molecule has 3 nitrogen and oxygen atoms in total. The van der Waals surface area contributed by atoms with Gasteiger partial charge in [0.05, 0.1) is 5.41 Å². The lowest BCUT2D eigenvalue weighted by atomic mass is 9.84. The minimum Gasteiger partial charge on any atom is -0.330 e. The minimum absolute atomic E-state index is 0.0349. The van der Waals surface area contributed by atoms with E-state index in [0.717, 1.165) is 40.2 Å². The Hall–Kier alpha value is -1.06. The van der Waals surface area contributed by atoms with E-state index in [9.17, 15) is 4.79 Å². The summed E-state index contributed by atoms with van der Waals surface area (Å²) in [6.45, 7) is 6.48. The van der Waals surface area contributed by atoms with Gasteiger partial charge >= 0.3 is 0 Å². The van der Waals surface area contributed by atoms with Gasteiger partial charge in [-0.2, -0.15) is 0 Å². The highest BCUT2D eigenvalue weighted by atomic mass is 35.5. The highest BCUT2D eigenvalue weighted by Crippen LogP contribution is 2.43. The first-order valence-corrected chi connectivity index (χ1v) is 6.61. The number of nitrogens with two attached hydrogens (primary N) is 1. The molecular weight excluding hydrogens is 248 g/mol. The van der Waals surface area contributed by atoms with Gasteiger partial charge in [-0.15, -0.1) is 0 Å². The molecule has 0 saturated heterocycles. The number of nitrogens with one attached hydrogen (secondary N) is 1. The molecule has 1 aromatic carbocycles. The third kappa shape index (κ3) is 1.91. The Morgan fingerprint density at radius 3 is 2.72 bits per heavy atom. The molecule has 0 saturated carbocycles. The third-order valence-electron chi connectivity index (χ3n) is 3.70. The number of rotatable bonds is 3. The van der Waals surface area contributed by atoms with Crippen LogP contribution in [0.3, 0.4) is 0 Å². The molecule has 1 aromatic rings. The molecule has 2 rings (SSSR count). The molecule has 0 bridgehead atoms. The molecule has 3 N–H and O–H groups in total. The van der Waals surface area contributed by atoms with Gasteiger partial charge in [-0.3, -0.25) is 4.79 Å². The number of anilines is 1. The summed E-state index contributed by atoms with van der Waals surface area (Å²) in [7, 11) is 0. The van der Waals surface area contributed by atoms with E-state index in [-0.39, 0.29) is 5.91 Å². The Kier molecular flexibility index (Phi) is 3.39. The second kappa shape index (κ2) is 4.56. The van der Waals surface area contributed by atoms with Gasteiger partial charge in [-0.1, -0.05) is 17.7 Å². The number of halogens is 1. The average Bonchev–Trinajstić information content (AvgIpc) is 2.54. The first-order valence-electron chi connectivity index (χ1n) is 6.23. The second-order valence-electron chi connectivity index (χ2n) is 5.37. The van der Waals surface area contributed by atoms with Crippen LogP contribution in [0, 0.1) is 6.92 Å². The molecule has 1 aliphatic heterocycles. The van der Waals surface area contributed by atoms with Crippen molar-refractivity contribution in [2.45, 2.75) is 39.0 Å². The minimum atomic E-state index is -0.484. The fourth-order valence-corrected chi connectivity index (χ4v) is 2.63. The maximum absolute atomic E-state index is 12.0. The molecule has 1 amide bonds. The zero-order valence-electron chi connectivity index (χ0n) is 11.1. The molecular formula is C14H19ClN2O. The number of benzene rings is 1. The number of carbonyl (C=O) groups excluding carboxylic acids is 1. The van der Waals surface area contributed by atoms with Crippen molar-refractivity contribution in [3.05, 3.63) is 27.8 Å². The lowest BCUT2D eigenvalue weighted by molar-refractivity contribution is -0.119. The van der Waals surface area contributed by atoms with Crippen molar-refractivity contribution >= 4 is 23.2 Å². The summed E-state index contributed by atoms with van der Waals surface area (Å²) in [5, 5.41) is 3.68. The Bertz CT molecular complexity index is 509. The van der Waals surface area contributed by atoms with Crippen LogP contribution in [-0.4, -0.2) is 12.5 Å². The number of amides is 1. The van der Waals surface area contributed by atoms with Crippen molar-refractivity contribution in [3.63, 3.8) is 0 Å². The fraction of sp³-hybridized carbons (Fsp3) is 0.500. The van der Waals surface area contributed by atoms with E-state index in [1.165, 1.54) is 0 Å². The normalized spacial score (nSPS) is 16.6. The molecule has 98 valence electrons. The topological polar surface area (TPSA) is 55.1 Å². The Morgan fingerprint density at radius 2 is 2.11 bits per heavy atom. The van der Waals surface area contributed by atoms with Gasteiger partial charge in [-0.05, 0) is 56.8 Å². The van der Waals surface area contributed by atoms with E-state index < -0.39 is 5.41 Å². The van der Waals surface area contributed by atoms with Crippen molar-refractivity contribution in [1.82, 2.24) is 0 Å². The monoisotopic (exact) mass is 266 g/mol. The summed E-state index contributed by atoms with van der Waals surface area (Å²) in [4.78, 5) is 12.0. The van der Waals surface area contributed by atoms with Crippen molar-refractivity contribution in [2.75, 3.05) is 11.9 Å². The second-order valence-corrected chi connectivity index (χ2v) is 5.75. The van der Waals surface area contributed by atoms with Crippen LogP contribution < -0.4 is 11.1 Å². The predicted molar refractivity (Wildman–Crippen MR) is 75.2 cm³/mol. The van der Waals surface area contributed by atoms with Crippen LogP contribution in [0.1, 0.15) is 37.0 Å². The molecule has 1 heterocycles. The summed E-state index contributed by atoms with van der Waals surface area (Å²) in [6.07, 6.45) is 1.76. The lowest BCUT2D eigenvalue weighted by Crippen LogP contribution is -2.26. The van der Waals surface area contributed by atoms with Crippen LogP contribution >= 0.6 is 11.6 Å². The molecule has 4 heteroatoms. The molecule has 0 spiro atoms. The van der Waals surface area contributed by atoms with Crippen LogP contribution in [0.2, 0.25) is 5.02 Å². The van der Waals surface area contributed by atoms with Gasteiger partial charge in [-0.25, -0.2) is 0 Å². The van der Waals surface area contributed by atoms with E-state index in [1.807, 2.05) is 20.8 Å². The molecule has 1 aliphatic rings. The summed E-state index contributed by atoms with van der Waals surface area (Å²) in [5.41, 5.74) is 9.03. The van der Waals surface area contributed by atoms with E-state index in [1.54, 1.807) is 0 Å². The molecule has 0 atom stereocenters. The van der Waals surface area contributed by atoms with Crippen LogP contribution in [0.4, 0.5) is 5.69 Å². The molecule has 0 radical (unpaired) electrons. The number of hydrogen-bond donors (Lipinski definition) is 2. The van der Waals surface area contributed by atoms with Crippen molar-refractivity contribution in [2.24, 2.45) is 5.73 Å². The zero-order valence-corrected chi connectivity index (χ0v) is 11.8. The number of hydrogen-bond acceptors (Lipinski definition) is 2. The van der Waals surface area contributed by atoms with Crippen LogP contribution in [0.15, 0.2) is 6.07 Å². The number of fused-ring (bicyclic) bond motifs is 1. The molecule has 0 fully saturated rings. The first-order chi connectivity index (χ1) is 8.39. The first kappa shape index (κ1) is 13.4. The number of aryl methyl sites for hydroxylation is 1. The highest BCUT2D eigenvalue weighted by Gasteiger charge is 2.39. The third-order valence-corrected chi connectivity index (χ3v) is 4.23. The van der Waals surface area contributed by atoms with Gasteiger partial charge in [0.15, 0.2) is 0 Å².